The number of aryl methyl sites for hydroxylation is 1. The van der Waals surface area contributed by atoms with Gasteiger partial charge < -0.3 is 9.84 Å². The van der Waals surface area contributed by atoms with Crippen LogP contribution in [0.25, 0.3) is 0 Å². The molecule has 1 rings (SSSR count). The number of hydrogen-bond acceptors (Lipinski definition) is 2. The molecular formula is C14H22O2. The molecule has 90 valence electrons. The minimum Gasteiger partial charge on any atom is -0.396 e. The van der Waals surface area contributed by atoms with Crippen LogP contribution in [0.5, 0.6) is 0 Å². The van der Waals surface area contributed by atoms with E-state index in [0.717, 1.165) is 26.1 Å². The van der Waals surface area contributed by atoms with Crippen LogP contribution in [-0.2, 0) is 4.74 Å². The van der Waals surface area contributed by atoms with E-state index in [1.165, 1.54) is 11.1 Å². The first-order chi connectivity index (χ1) is 7.77. The predicted octanol–water partition coefficient (Wildman–Crippen LogP) is 2.89. The van der Waals surface area contributed by atoms with E-state index < -0.39 is 0 Å². The van der Waals surface area contributed by atoms with E-state index in [1.807, 2.05) is 6.92 Å². The Morgan fingerprint density at radius 3 is 2.81 bits per heavy atom. The summed E-state index contributed by atoms with van der Waals surface area (Å²) in [5, 5.41) is 9.39. The minimum absolute atomic E-state index is 0.218. The molecule has 0 amide bonds. The molecule has 1 N–H and O–H groups in total. The van der Waals surface area contributed by atoms with Crippen LogP contribution >= 0.6 is 0 Å². The van der Waals surface area contributed by atoms with Gasteiger partial charge in [-0.15, -0.1) is 0 Å². The standard InChI is InChI=1S/C14H22O2/c1-3-16-9-5-8-14(11-15)13-7-4-6-12(2)10-13/h4,6-7,10,14-15H,3,5,8-9,11H2,1-2H3. The van der Waals surface area contributed by atoms with Gasteiger partial charge >= 0.3 is 0 Å². The van der Waals surface area contributed by atoms with Gasteiger partial charge in [-0.05, 0) is 32.3 Å². The van der Waals surface area contributed by atoms with E-state index >= 15 is 0 Å². The molecule has 0 aliphatic rings. The average Bonchev–Trinajstić information content (AvgIpc) is 2.29. The van der Waals surface area contributed by atoms with Crippen LogP contribution in [-0.4, -0.2) is 24.9 Å². The molecule has 2 heteroatoms. The summed E-state index contributed by atoms with van der Waals surface area (Å²) in [7, 11) is 0. The highest BCUT2D eigenvalue weighted by atomic mass is 16.5. The van der Waals surface area contributed by atoms with Crippen molar-refractivity contribution >= 4 is 0 Å². The fraction of sp³-hybridized carbons (Fsp3) is 0.571. The van der Waals surface area contributed by atoms with Gasteiger partial charge in [-0.2, -0.15) is 0 Å². The van der Waals surface area contributed by atoms with Gasteiger partial charge in [0.25, 0.3) is 0 Å². The van der Waals surface area contributed by atoms with Gasteiger partial charge in [0.05, 0.1) is 0 Å². The largest absolute Gasteiger partial charge is 0.396 e. The van der Waals surface area contributed by atoms with Crippen LogP contribution in [0.3, 0.4) is 0 Å². The number of rotatable bonds is 7. The van der Waals surface area contributed by atoms with Crippen molar-refractivity contribution in [3.05, 3.63) is 35.4 Å². The molecule has 0 fully saturated rings. The quantitative estimate of drug-likeness (QED) is 0.719. The Balaban J connectivity index is 2.47. The summed E-state index contributed by atoms with van der Waals surface area (Å²) in [4.78, 5) is 0. The lowest BCUT2D eigenvalue weighted by atomic mass is 9.94. The van der Waals surface area contributed by atoms with Crippen LogP contribution in [0.2, 0.25) is 0 Å². The van der Waals surface area contributed by atoms with Crippen molar-refractivity contribution < 1.29 is 9.84 Å². The van der Waals surface area contributed by atoms with E-state index in [0.29, 0.717) is 0 Å². The molecule has 2 nitrogen and oxygen atoms in total. The Hall–Kier alpha value is -0.860. The summed E-state index contributed by atoms with van der Waals surface area (Å²) in [6.07, 6.45) is 1.99. The lowest BCUT2D eigenvalue weighted by molar-refractivity contribution is 0.138. The van der Waals surface area contributed by atoms with Crippen molar-refractivity contribution in [1.29, 1.82) is 0 Å². The van der Waals surface area contributed by atoms with E-state index in [2.05, 4.69) is 31.2 Å². The molecular weight excluding hydrogens is 200 g/mol. The zero-order chi connectivity index (χ0) is 11.8. The third-order valence-corrected chi connectivity index (χ3v) is 2.78. The molecule has 0 aliphatic heterocycles. The molecule has 0 aliphatic carbocycles. The van der Waals surface area contributed by atoms with Crippen LogP contribution < -0.4 is 0 Å². The maximum atomic E-state index is 9.39. The van der Waals surface area contributed by atoms with Crippen molar-refractivity contribution in [2.45, 2.75) is 32.6 Å². The highest BCUT2D eigenvalue weighted by molar-refractivity contribution is 5.25. The summed E-state index contributed by atoms with van der Waals surface area (Å²) in [6.45, 7) is 5.87. The lowest BCUT2D eigenvalue weighted by Crippen LogP contribution is -2.06. The zero-order valence-corrected chi connectivity index (χ0v) is 10.3. The van der Waals surface area contributed by atoms with Gasteiger partial charge in [0, 0.05) is 25.7 Å². The number of aliphatic hydroxyl groups is 1. The lowest BCUT2D eigenvalue weighted by Gasteiger charge is -2.15. The summed E-state index contributed by atoms with van der Waals surface area (Å²) < 4.78 is 5.31. The van der Waals surface area contributed by atoms with Gasteiger partial charge in [0.1, 0.15) is 0 Å². The summed E-state index contributed by atoms with van der Waals surface area (Å²) in [5.41, 5.74) is 2.49. The van der Waals surface area contributed by atoms with Crippen molar-refractivity contribution in [3.63, 3.8) is 0 Å². The van der Waals surface area contributed by atoms with Crippen molar-refractivity contribution in [3.8, 4) is 0 Å². The highest BCUT2D eigenvalue weighted by Gasteiger charge is 2.09. The third-order valence-electron chi connectivity index (χ3n) is 2.78. The molecule has 1 aromatic rings. The smallest absolute Gasteiger partial charge is 0.0499 e. The van der Waals surface area contributed by atoms with Gasteiger partial charge in [-0.3, -0.25) is 0 Å². The van der Waals surface area contributed by atoms with Crippen LogP contribution in [0.15, 0.2) is 24.3 Å². The molecule has 1 aromatic carbocycles. The maximum absolute atomic E-state index is 9.39. The highest BCUT2D eigenvalue weighted by Crippen LogP contribution is 2.21. The summed E-state index contributed by atoms with van der Waals surface area (Å²) in [5.74, 6) is 0.250. The Kier molecular flexibility index (Phi) is 6.12. The monoisotopic (exact) mass is 222 g/mol. The second-order valence-electron chi connectivity index (χ2n) is 4.13. The first kappa shape index (κ1) is 13.2. The molecule has 0 heterocycles. The summed E-state index contributed by atoms with van der Waals surface area (Å²) in [6, 6.07) is 8.38. The van der Waals surface area contributed by atoms with E-state index in [9.17, 15) is 5.11 Å². The Labute approximate surface area is 98.3 Å². The minimum atomic E-state index is 0.218. The summed E-state index contributed by atoms with van der Waals surface area (Å²) >= 11 is 0. The van der Waals surface area contributed by atoms with E-state index in [1.54, 1.807) is 0 Å². The van der Waals surface area contributed by atoms with Crippen molar-refractivity contribution in [2.24, 2.45) is 0 Å². The molecule has 0 saturated heterocycles. The molecule has 16 heavy (non-hydrogen) atoms. The molecule has 1 atom stereocenters. The second kappa shape index (κ2) is 7.42. The zero-order valence-electron chi connectivity index (χ0n) is 10.3. The van der Waals surface area contributed by atoms with Crippen molar-refractivity contribution in [2.75, 3.05) is 19.8 Å². The normalized spacial score (nSPS) is 12.7. The Morgan fingerprint density at radius 1 is 1.38 bits per heavy atom. The van der Waals surface area contributed by atoms with Crippen molar-refractivity contribution in [1.82, 2.24) is 0 Å². The number of hydrogen-bond donors (Lipinski definition) is 1. The fourth-order valence-corrected chi connectivity index (χ4v) is 1.86. The molecule has 0 saturated carbocycles. The molecule has 1 unspecified atom stereocenters. The SMILES string of the molecule is CCOCCCC(CO)c1cccc(C)c1. The second-order valence-corrected chi connectivity index (χ2v) is 4.13. The van der Waals surface area contributed by atoms with Crippen LogP contribution in [0.1, 0.15) is 36.8 Å². The third kappa shape index (κ3) is 4.33. The van der Waals surface area contributed by atoms with Gasteiger partial charge in [0.15, 0.2) is 0 Å². The fourth-order valence-electron chi connectivity index (χ4n) is 1.86. The van der Waals surface area contributed by atoms with E-state index in [-0.39, 0.29) is 12.5 Å². The topological polar surface area (TPSA) is 29.5 Å². The first-order valence-corrected chi connectivity index (χ1v) is 6.03. The Bertz CT molecular complexity index is 297. The average molecular weight is 222 g/mol. The number of ether oxygens (including phenoxy) is 1. The van der Waals surface area contributed by atoms with Gasteiger partial charge in [0.2, 0.25) is 0 Å². The Morgan fingerprint density at radius 2 is 2.19 bits per heavy atom. The number of aliphatic hydroxyl groups excluding tert-OH is 1. The molecule has 0 aromatic heterocycles. The number of benzene rings is 1. The van der Waals surface area contributed by atoms with Gasteiger partial charge in [-0.1, -0.05) is 29.8 Å². The molecule has 0 bridgehead atoms. The van der Waals surface area contributed by atoms with Gasteiger partial charge in [-0.25, -0.2) is 0 Å². The predicted molar refractivity (Wildman–Crippen MR) is 66.7 cm³/mol. The van der Waals surface area contributed by atoms with Crippen LogP contribution in [0, 0.1) is 6.92 Å². The molecule has 0 spiro atoms. The maximum Gasteiger partial charge on any atom is 0.0499 e. The van der Waals surface area contributed by atoms with Crippen LogP contribution in [0.4, 0.5) is 0 Å². The molecule has 0 radical (unpaired) electrons. The first-order valence-electron chi connectivity index (χ1n) is 6.03. The van der Waals surface area contributed by atoms with E-state index in [4.69, 9.17) is 4.74 Å².